The van der Waals surface area contributed by atoms with Crippen LogP contribution in [0.2, 0.25) is 0 Å². The van der Waals surface area contributed by atoms with Gasteiger partial charge < -0.3 is 14.0 Å². The van der Waals surface area contributed by atoms with Gasteiger partial charge in [-0.1, -0.05) is 6.07 Å². The summed E-state index contributed by atoms with van der Waals surface area (Å²) in [6.45, 7) is 8.65. The number of aromatic nitrogens is 1. The van der Waals surface area contributed by atoms with Gasteiger partial charge >= 0.3 is 5.97 Å². The van der Waals surface area contributed by atoms with E-state index in [1.165, 1.54) is 7.11 Å². The third-order valence-corrected chi connectivity index (χ3v) is 4.93. The van der Waals surface area contributed by atoms with Crippen molar-refractivity contribution < 1.29 is 14.3 Å². The Labute approximate surface area is 171 Å². The number of esters is 1. The highest BCUT2D eigenvalue weighted by atomic mass is 16.5. The second-order valence-electron chi connectivity index (χ2n) is 6.79. The van der Waals surface area contributed by atoms with Crippen LogP contribution in [0, 0.1) is 20.8 Å². The van der Waals surface area contributed by atoms with Gasteiger partial charge in [-0.25, -0.2) is 4.79 Å². The predicted octanol–water partition coefficient (Wildman–Crippen LogP) is 5.34. The molecule has 0 amide bonds. The number of nitrogens with zero attached hydrogens (tertiary/aromatic N) is 2. The van der Waals surface area contributed by atoms with Crippen molar-refractivity contribution in [2.24, 2.45) is 4.99 Å². The lowest BCUT2D eigenvalue weighted by atomic mass is 10.1. The van der Waals surface area contributed by atoms with Crippen LogP contribution in [0.4, 0.5) is 5.69 Å². The summed E-state index contributed by atoms with van der Waals surface area (Å²) in [5.41, 5.74) is 6.40. The number of hydrogen-bond acceptors (Lipinski definition) is 4. The summed E-state index contributed by atoms with van der Waals surface area (Å²) in [6, 6.07) is 15.6. The first kappa shape index (κ1) is 20.4. The van der Waals surface area contributed by atoms with Gasteiger partial charge in [0.2, 0.25) is 0 Å². The first-order valence-corrected chi connectivity index (χ1v) is 9.60. The molecule has 0 unspecified atom stereocenters. The normalized spacial score (nSPS) is 11.1. The Hall–Kier alpha value is -3.34. The second-order valence-corrected chi connectivity index (χ2v) is 6.79. The average Bonchev–Trinajstić information content (AvgIpc) is 3.01. The smallest absolute Gasteiger partial charge is 0.338 e. The number of carbonyl (C=O) groups is 1. The molecule has 0 aliphatic rings. The van der Waals surface area contributed by atoms with Gasteiger partial charge in [-0.3, -0.25) is 4.99 Å². The van der Waals surface area contributed by atoms with E-state index in [0.717, 1.165) is 39.6 Å². The van der Waals surface area contributed by atoms with E-state index in [2.05, 4.69) is 41.6 Å². The summed E-state index contributed by atoms with van der Waals surface area (Å²) < 4.78 is 12.6. The van der Waals surface area contributed by atoms with Gasteiger partial charge in [0.25, 0.3) is 0 Å². The number of aliphatic imine (C=N–C) groups is 1. The highest BCUT2D eigenvalue weighted by molar-refractivity contribution is 5.93. The zero-order valence-electron chi connectivity index (χ0n) is 17.5. The molecule has 5 nitrogen and oxygen atoms in total. The van der Waals surface area contributed by atoms with Crippen molar-refractivity contribution in [2.75, 3.05) is 13.7 Å². The van der Waals surface area contributed by atoms with Crippen molar-refractivity contribution in [3.63, 3.8) is 0 Å². The maximum atomic E-state index is 11.9. The van der Waals surface area contributed by atoms with Crippen molar-refractivity contribution in [1.82, 2.24) is 4.57 Å². The number of carbonyl (C=O) groups excluding carboxylic acids is 1. The van der Waals surface area contributed by atoms with Gasteiger partial charge in [-0.2, -0.15) is 0 Å². The van der Waals surface area contributed by atoms with Gasteiger partial charge in [0, 0.05) is 28.9 Å². The summed E-state index contributed by atoms with van der Waals surface area (Å²) in [5, 5.41) is 0. The van der Waals surface area contributed by atoms with Crippen LogP contribution in [-0.4, -0.2) is 30.5 Å². The van der Waals surface area contributed by atoms with E-state index in [9.17, 15) is 4.79 Å². The highest BCUT2D eigenvalue weighted by Gasteiger charge is 2.12. The fourth-order valence-electron chi connectivity index (χ4n) is 3.41. The molecule has 5 heteroatoms. The van der Waals surface area contributed by atoms with E-state index in [1.54, 1.807) is 6.07 Å². The van der Waals surface area contributed by atoms with Gasteiger partial charge in [-0.15, -0.1) is 0 Å². The van der Waals surface area contributed by atoms with Crippen molar-refractivity contribution in [3.8, 4) is 11.4 Å². The minimum Gasteiger partial charge on any atom is -0.494 e. The van der Waals surface area contributed by atoms with Crippen molar-refractivity contribution in [1.29, 1.82) is 0 Å². The maximum Gasteiger partial charge on any atom is 0.338 e. The minimum atomic E-state index is -0.353. The first-order valence-electron chi connectivity index (χ1n) is 9.60. The molecule has 0 fully saturated rings. The molecule has 0 N–H and O–H groups in total. The highest BCUT2D eigenvalue weighted by Crippen LogP contribution is 2.25. The standard InChI is InChI=1S/C24H26N2O3/c1-6-29-21-12-10-20(11-13-21)26-16(2)14-19(18(26)4)15-25-23-9-7-8-22(17(23)3)24(27)28-5/h7-15H,6H2,1-5H3. The lowest BCUT2D eigenvalue weighted by molar-refractivity contribution is 0.0600. The number of benzene rings is 2. The molecule has 2 aromatic carbocycles. The lowest BCUT2D eigenvalue weighted by Crippen LogP contribution is -2.03. The molecule has 0 aliphatic heterocycles. The summed E-state index contributed by atoms with van der Waals surface area (Å²) in [5.74, 6) is 0.509. The summed E-state index contributed by atoms with van der Waals surface area (Å²) >= 11 is 0. The lowest BCUT2D eigenvalue weighted by Gasteiger charge is -2.11. The number of hydrogen-bond donors (Lipinski definition) is 0. The third-order valence-electron chi connectivity index (χ3n) is 4.93. The summed E-state index contributed by atoms with van der Waals surface area (Å²) in [7, 11) is 1.38. The summed E-state index contributed by atoms with van der Waals surface area (Å²) in [6.07, 6.45) is 1.84. The van der Waals surface area contributed by atoms with Gasteiger partial charge in [0.15, 0.2) is 0 Å². The Morgan fingerprint density at radius 3 is 2.48 bits per heavy atom. The van der Waals surface area contributed by atoms with Crippen LogP contribution >= 0.6 is 0 Å². The molecule has 0 radical (unpaired) electrons. The molecule has 29 heavy (non-hydrogen) atoms. The number of ether oxygens (including phenoxy) is 2. The Bertz CT molecular complexity index is 1050. The SMILES string of the molecule is CCOc1ccc(-n2c(C)cc(C=Nc3cccc(C(=O)OC)c3C)c2C)cc1. The van der Waals surface area contributed by atoms with E-state index in [-0.39, 0.29) is 5.97 Å². The molecule has 0 aliphatic carbocycles. The molecule has 1 heterocycles. The Morgan fingerprint density at radius 2 is 1.83 bits per heavy atom. The largest absolute Gasteiger partial charge is 0.494 e. The maximum absolute atomic E-state index is 11.9. The topological polar surface area (TPSA) is 52.8 Å². The molecule has 3 rings (SSSR count). The van der Waals surface area contributed by atoms with Crippen molar-refractivity contribution in [2.45, 2.75) is 27.7 Å². The van der Waals surface area contributed by atoms with Crippen LogP contribution in [0.3, 0.4) is 0 Å². The third kappa shape index (κ3) is 4.24. The van der Waals surface area contributed by atoms with Crippen LogP contribution in [0.15, 0.2) is 53.5 Å². The van der Waals surface area contributed by atoms with E-state index in [4.69, 9.17) is 9.47 Å². The molecule has 0 atom stereocenters. The number of rotatable bonds is 6. The van der Waals surface area contributed by atoms with Crippen LogP contribution < -0.4 is 4.74 Å². The van der Waals surface area contributed by atoms with Crippen LogP contribution in [0.5, 0.6) is 5.75 Å². The second kappa shape index (κ2) is 8.78. The molecule has 150 valence electrons. The van der Waals surface area contributed by atoms with E-state index in [1.807, 2.05) is 44.3 Å². The molecule has 0 saturated carbocycles. The number of aryl methyl sites for hydroxylation is 1. The van der Waals surface area contributed by atoms with Crippen molar-refractivity contribution in [3.05, 3.63) is 76.6 Å². The monoisotopic (exact) mass is 390 g/mol. The average molecular weight is 390 g/mol. The van der Waals surface area contributed by atoms with E-state index in [0.29, 0.717) is 12.2 Å². The van der Waals surface area contributed by atoms with E-state index >= 15 is 0 Å². The van der Waals surface area contributed by atoms with Gasteiger partial charge in [0.05, 0.1) is 25.0 Å². The fourth-order valence-corrected chi connectivity index (χ4v) is 3.41. The summed E-state index contributed by atoms with van der Waals surface area (Å²) in [4.78, 5) is 16.5. The predicted molar refractivity (Wildman–Crippen MR) is 116 cm³/mol. The van der Waals surface area contributed by atoms with Crippen molar-refractivity contribution >= 4 is 17.9 Å². The van der Waals surface area contributed by atoms with Crippen LogP contribution in [0.1, 0.15) is 39.8 Å². The Morgan fingerprint density at radius 1 is 1.10 bits per heavy atom. The molecular weight excluding hydrogens is 364 g/mol. The molecule has 0 bridgehead atoms. The molecule has 0 saturated heterocycles. The van der Waals surface area contributed by atoms with E-state index < -0.39 is 0 Å². The molecule has 0 spiro atoms. The molecule has 1 aromatic heterocycles. The first-order chi connectivity index (χ1) is 14.0. The molecule has 3 aromatic rings. The quantitative estimate of drug-likeness (QED) is 0.422. The van der Waals surface area contributed by atoms with Crippen LogP contribution in [0.25, 0.3) is 5.69 Å². The zero-order chi connectivity index (χ0) is 21.0. The molecular formula is C24H26N2O3. The van der Waals surface area contributed by atoms with Crippen LogP contribution in [-0.2, 0) is 4.74 Å². The minimum absolute atomic E-state index is 0.353. The van der Waals surface area contributed by atoms with Gasteiger partial charge in [-0.05, 0) is 75.7 Å². The fraction of sp³-hybridized carbons (Fsp3) is 0.250. The van der Waals surface area contributed by atoms with Gasteiger partial charge in [0.1, 0.15) is 5.75 Å². The zero-order valence-corrected chi connectivity index (χ0v) is 17.5. The Kier molecular flexibility index (Phi) is 6.17. The number of methoxy groups -OCH3 is 1. The Balaban J connectivity index is 1.92.